The fourth-order valence-electron chi connectivity index (χ4n) is 4.46. The van der Waals surface area contributed by atoms with Gasteiger partial charge in [0.15, 0.2) is 0 Å². The number of benzene rings is 3. The lowest BCUT2D eigenvalue weighted by Crippen LogP contribution is -2.04. The molecule has 146 valence electrons. The molecule has 0 fully saturated rings. The molecule has 0 radical (unpaired) electrons. The van der Waals surface area contributed by atoms with Crippen molar-refractivity contribution in [2.24, 2.45) is 5.92 Å². The molecule has 29 heavy (non-hydrogen) atoms. The van der Waals surface area contributed by atoms with Crippen molar-refractivity contribution in [1.29, 1.82) is 0 Å². The molecule has 3 aromatic rings. The van der Waals surface area contributed by atoms with Gasteiger partial charge in [-0.3, -0.25) is 0 Å². The van der Waals surface area contributed by atoms with E-state index in [1.54, 1.807) is 0 Å². The summed E-state index contributed by atoms with van der Waals surface area (Å²) in [7, 11) is 0. The van der Waals surface area contributed by atoms with Crippen LogP contribution in [0.3, 0.4) is 0 Å². The van der Waals surface area contributed by atoms with Gasteiger partial charge in [-0.1, -0.05) is 97.3 Å². The first-order valence-electron chi connectivity index (χ1n) is 10.6. The van der Waals surface area contributed by atoms with Crippen molar-refractivity contribution in [3.8, 4) is 0 Å². The molecule has 0 amide bonds. The molecule has 1 aliphatic carbocycles. The molecule has 4 rings (SSSR count). The van der Waals surface area contributed by atoms with Crippen LogP contribution >= 0.6 is 0 Å². The summed E-state index contributed by atoms with van der Waals surface area (Å²) in [5, 5.41) is 2.64. The van der Waals surface area contributed by atoms with Crippen LogP contribution in [0, 0.1) is 19.8 Å². The van der Waals surface area contributed by atoms with E-state index in [0.717, 1.165) is 0 Å². The highest BCUT2D eigenvalue weighted by Crippen LogP contribution is 2.41. The molecule has 0 N–H and O–H groups in total. The third-order valence-corrected chi connectivity index (χ3v) is 6.44. The number of fused-ring (bicyclic) bond motifs is 3. The molecule has 1 aliphatic rings. The highest BCUT2D eigenvalue weighted by atomic mass is 14.3. The van der Waals surface area contributed by atoms with Crippen molar-refractivity contribution in [1.82, 2.24) is 0 Å². The van der Waals surface area contributed by atoms with E-state index in [-0.39, 0.29) is 0 Å². The van der Waals surface area contributed by atoms with Gasteiger partial charge in [0.25, 0.3) is 0 Å². The number of rotatable bonds is 3. The maximum absolute atomic E-state index is 4.06. The van der Waals surface area contributed by atoms with E-state index in [4.69, 9.17) is 0 Å². The zero-order chi connectivity index (χ0) is 20.7. The Bertz CT molecular complexity index is 1170. The number of aryl methyl sites for hydroxylation is 2. The van der Waals surface area contributed by atoms with Crippen LogP contribution in [-0.2, 0) is 0 Å². The Labute approximate surface area is 175 Å². The third kappa shape index (κ3) is 3.38. The molecule has 0 nitrogen and oxygen atoms in total. The second-order valence-corrected chi connectivity index (χ2v) is 8.57. The number of hydrogen-bond acceptors (Lipinski definition) is 0. The van der Waals surface area contributed by atoms with Gasteiger partial charge in [-0.2, -0.15) is 0 Å². The van der Waals surface area contributed by atoms with Crippen molar-refractivity contribution in [2.45, 2.75) is 40.5 Å². The van der Waals surface area contributed by atoms with Gasteiger partial charge in [0.1, 0.15) is 0 Å². The predicted octanol–water partition coefficient (Wildman–Crippen LogP) is 8.23. The van der Waals surface area contributed by atoms with E-state index in [1.165, 1.54) is 55.3 Å². The summed E-state index contributed by atoms with van der Waals surface area (Å²) < 4.78 is 0. The van der Waals surface area contributed by atoms with Crippen molar-refractivity contribution < 1.29 is 0 Å². The SMILES string of the molecule is C=CC(C)c1ccc(C)cc1C1=C(C)C(C)C=Cc2c1ccc1cc(C)ccc21. The van der Waals surface area contributed by atoms with Crippen LogP contribution in [0.15, 0.2) is 72.8 Å². The number of hydrogen-bond donors (Lipinski definition) is 0. The van der Waals surface area contributed by atoms with Gasteiger partial charge in [-0.05, 0) is 71.2 Å². The minimum atomic E-state index is 0.309. The maximum Gasteiger partial charge on any atom is -0.000696 e. The summed E-state index contributed by atoms with van der Waals surface area (Å²) in [5.74, 6) is 0.703. The van der Waals surface area contributed by atoms with Crippen molar-refractivity contribution in [3.63, 3.8) is 0 Å². The summed E-state index contributed by atoms with van der Waals surface area (Å²) >= 11 is 0. The van der Waals surface area contributed by atoms with Gasteiger partial charge < -0.3 is 0 Å². The Hall–Kier alpha value is -2.86. The lowest BCUT2D eigenvalue weighted by atomic mass is 9.82. The Kier molecular flexibility index (Phi) is 5.04. The van der Waals surface area contributed by atoms with Gasteiger partial charge in [-0.25, -0.2) is 0 Å². The maximum atomic E-state index is 4.06. The zero-order valence-electron chi connectivity index (χ0n) is 18.2. The average Bonchev–Trinajstić information content (AvgIpc) is 2.83. The molecule has 0 saturated carbocycles. The number of allylic oxidation sites excluding steroid dienone is 3. The quantitative estimate of drug-likeness (QED) is 0.403. The summed E-state index contributed by atoms with van der Waals surface area (Å²) in [6.07, 6.45) is 6.74. The Morgan fingerprint density at radius 2 is 1.62 bits per heavy atom. The van der Waals surface area contributed by atoms with Gasteiger partial charge in [0, 0.05) is 0 Å². The van der Waals surface area contributed by atoms with E-state index in [1.807, 2.05) is 6.08 Å². The monoisotopic (exact) mass is 378 g/mol. The van der Waals surface area contributed by atoms with Crippen molar-refractivity contribution >= 4 is 22.4 Å². The fraction of sp³-hybridized carbons (Fsp3) is 0.241. The van der Waals surface area contributed by atoms with Gasteiger partial charge in [-0.15, -0.1) is 6.58 Å². The molecule has 0 bridgehead atoms. The van der Waals surface area contributed by atoms with Gasteiger partial charge in [0.05, 0.1) is 0 Å². The van der Waals surface area contributed by atoms with Crippen LogP contribution in [0.25, 0.3) is 22.4 Å². The second-order valence-electron chi connectivity index (χ2n) is 8.57. The van der Waals surface area contributed by atoms with Crippen LogP contribution in [0.1, 0.15) is 60.1 Å². The van der Waals surface area contributed by atoms with Crippen LogP contribution < -0.4 is 0 Å². The van der Waals surface area contributed by atoms with Crippen molar-refractivity contribution in [3.05, 3.63) is 106 Å². The molecular weight excluding hydrogens is 348 g/mol. The molecule has 2 atom stereocenters. The molecule has 0 saturated heterocycles. The first kappa shape index (κ1) is 19.5. The predicted molar refractivity (Wildman–Crippen MR) is 128 cm³/mol. The third-order valence-electron chi connectivity index (χ3n) is 6.44. The lowest BCUT2D eigenvalue weighted by Gasteiger charge is -2.22. The Morgan fingerprint density at radius 3 is 2.38 bits per heavy atom. The minimum Gasteiger partial charge on any atom is -0.102 e. The van der Waals surface area contributed by atoms with E-state index < -0.39 is 0 Å². The summed E-state index contributed by atoms with van der Waals surface area (Å²) in [5.41, 5.74) is 10.8. The first-order valence-corrected chi connectivity index (χ1v) is 10.6. The highest BCUT2D eigenvalue weighted by molar-refractivity contribution is 6.00. The lowest BCUT2D eigenvalue weighted by molar-refractivity contribution is 0.871. The summed E-state index contributed by atoms with van der Waals surface area (Å²) in [4.78, 5) is 0. The second kappa shape index (κ2) is 7.52. The molecule has 0 aliphatic heterocycles. The van der Waals surface area contributed by atoms with E-state index in [9.17, 15) is 0 Å². The molecule has 0 aromatic heterocycles. The standard InChI is InChI=1S/C29H30/c1-7-20(4)24-12-8-19(3)17-28(24)29-22(6)21(5)10-14-26-25-13-9-18(2)16-23(25)11-15-27(26)29/h7-17,20-21H,1H2,2-6H3. The summed E-state index contributed by atoms with van der Waals surface area (Å²) in [6.45, 7) is 15.2. The largest absolute Gasteiger partial charge is 0.102 e. The molecular formula is C29H30. The van der Waals surface area contributed by atoms with E-state index in [0.29, 0.717) is 11.8 Å². The topological polar surface area (TPSA) is 0 Å². The van der Waals surface area contributed by atoms with Gasteiger partial charge in [0.2, 0.25) is 0 Å². The fourth-order valence-corrected chi connectivity index (χ4v) is 4.46. The van der Waals surface area contributed by atoms with Crippen LogP contribution in [-0.4, -0.2) is 0 Å². The Morgan fingerprint density at radius 1 is 0.897 bits per heavy atom. The first-order chi connectivity index (χ1) is 13.9. The van der Waals surface area contributed by atoms with Crippen LogP contribution in [0.5, 0.6) is 0 Å². The Balaban J connectivity index is 2.08. The molecule has 0 heteroatoms. The zero-order valence-corrected chi connectivity index (χ0v) is 18.2. The normalized spacial score (nSPS) is 17.2. The van der Waals surface area contributed by atoms with Crippen LogP contribution in [0.4, 0.5) is 0 Å². The molecule has 3 aromatic carbocycles. The van der Waals surface area contributed by atoms with Crippen molar-refractivity contribution in [2.75, 3.05) is 0 Å². The molecule has 0 spiro atoms. The van der Waals surface area contributed by atoms with E-state index in [2.05, 4.69) is 102 Å². The van der Waals surface area contributed by atoms with Gasteiger partial charge >= 0.3 is 0 Å². The van der Waals surface area contributed by atoms with Crippen LogP contribution in [0.2, 0.25) is 0 Å². The summed E-state index contributed by atoms with van der Waals surface area (Å²) in [6, 6.07) is 18.2. The molecule has 2 unspecified atom stereocenters. The van der Waals surface area contributed by atoms with E-state index >= 15 is 0 Å². The minimum absolute atomic E-state index is 0.309. The molecule has 0 heterocycles. The highest BCUT2D eigenvalue weighted by Gasteiger charge is 2.22. The smallest absolute Gasteiger partial charge is 0.000696 e. The average molecular weight is 379 g/mol.